The van der Waals surface area contributed by atoms with Crippen molar-refractivity contribution in [2.45, 2.75) is 94.0 Å². The number of hydrogen-bond acceptors (Lipinski definition) is 7. The number of rotatable bonds is 13. The monoisotopic (exact) mass is 769 g/mol. The Bertz CT molecular complexity index is 2170. The van der Waals surface area contributed by atoms with E-state index in [2.05, 4.69) is 10.6 Å². The van der Waals surface area contributed by atoms with Crippen LogP contribution in [0.3, 0.4) is 0 Å². The highest BCUT2D eigenvalue weighted by Gasteiger charge is 2.44. The Hall–Kier alpha value is -4.85. The van der Waals surface area contributed by atoms with E-state index in [-0.39, 0.29) is 34.0 Å². The number of anilines is 2. The molecule has 2 saturated carbocycles. The van der Waals surface area contributed by atoms with E-state index in [0.717, 1.165) is 72.9 Å². The second kappa shape index (κ2) is 15.9. The predicted molar refractivity (Wildman–Crippen MR) is 206 cm³/mol. The Kier molecular flexibility index (Phi) is 11.0. The molecule has 0 saturated heterocycles. The Labute approximate surface area is 318 Å². The summed E-state index contributed by atoms with van der Waals surface area (Å²) in [4.78, 5) is 51.4. The largest absolute Gasteiger partial charge is 0.481 e. The lowest BCUT2D eigenvalue weighted by molar-refractivity contribution is -0.143. The number of nitrogens with zero attached hydrogens (tertiary/aromatic N) is 1. The van der Waals surface area contributed by atoms with Crippen molar-refractivity contribution in [3.8, 4) is 0 Å². The van der Waals surface area contributed by atoms with Crippen LogP contribution in [0.15, 0.2) is 77.7 Å². The number of carbonyl (C=O) groups is 4. The lowest BCUT2D eigenvalue weighted by Gasteiger charge is -2.35. The van der Waals surface area contributed by atoms with Gasteiger partial charge < -0.3 is 20.8 Å². The van der Waals surface area contributed by atoms with Gasteiger partial charge in [-0.15, -0.1) is 11.3 Å². The molecule has 0 spiro atoms. The summed E-state index contributed by atoms with van der Waals surface area (Å²) in [7, 11) is -3.96. The number of benzene rings is 3. The second-order valence-corrected chi connectivity index (χ2v) is 17.4. The van der Waals surface area contributed by atoms with Crippen LogP contribution in [0, 0.1) is 5.92 Å². The summed E-state index contributed by atoms with van der Waals surface area (Å²) in [5.74, 6) is -3.10. The average Bonchev–Trinajstić information content (AvgIpc) is 3.93. The molecule has 54 heavy (non-hydrogen) atoms. The molecule has 0 atom stereocenters. The van der Waals surface area contributed by atoms with Gasteiger partial charge in [0.05, 0.1) is 21.9 Å². The highest BCUT2D eigenvalue weighted by atomic mass is 32.2. The van der Waals surface area contributed by atoms with Gasteiger partial charge in [0, 0.05) is 28.2 Å². The maximum atomic E-state index is 14.1. The minimum absolute atomic E-state index is 0.0189. The van der Waals surface area contributed by atoms with E-state index in [0.29, 0.717) is 41.9 Å². The molecular weight excluding hydrogens is 727 g/mol. The van der Waals surface area contributed by atoms with Crippen molar-refractivity contribution in [1.82, 2.24) is 4.31 Å². The van der Waals surface area contributed by atoms with Gasteiger partial charge in [0.15, 0.2) is 0 Å². The minimum atomic E-state index is -3.96. The number of hydrogen-bond donors (Lipinski definition) is 4. The first-order valence-electron chi connectivity index (χ1n) is 18.5. The molecule has 0 bridgehead atoms. The molecule has 4 N–H and O–H groups in total. The van der Waals surface area contributed by atoms with Crippen LogP contribution < -0.4 is 10.6 Å². The number of carboxylic acid groups (broad SMARTS) is 2. The third-order valence-corrected chi connectivity index (χ3v) is 13.9. The molecule has 0 aliphatic heterocycles. The van der Waals surface area contributed by atoms with Crippen LogP contribution in [-0.2, 0) is 40.5 Å². The summed E-state index contributed by atoms with van der Waals surface area (Å²) in [5, 5.41) is 25.0. The first kappa shape index (κ1) is 37.5. The van der Waals surface area contributed by atoms with Gasteiger partial charge in [-0.2, -0.15) is 4.31 Å². The molecule has 2 fully saturated rings. The minimum Gasteiger partial charge on any atom is -0.481 e. The molecule has 1 aromatic heterocycles. The molecule has 0 radical (unpaired) electrons. The van der Waals surface area contributed by atoms with E-state index >= 15 is 0 Å². The van der Waals surface area contributed by atoms with Gasteiger partial charge in [0.1, 0.15) is 5.00 Å². The fourth-order valence-corrected chi connectivity index (χ4v) is 10.9. The number of carboxylic acids is 2. The van der Waals surface area contributed by atoms with E-state index < -0.39 is 33.8 Å². The predicted octanol–water partition coefficient (Wildman–Crippen LogP) is 7.41. The Morgan fingerprint density at radius 1 is 0.722 bits per heavy atom. The van der Waals surface area contributed by atoms with E-state index in [1.54, 1.807) is 28.6 Å². The number of aryl methyl sites for hydroxylation is 3. The Morgan fingerprint density at radius 2 is 1.33 bits per heavy atom. The first-order chi connectivity index (χ1) is 26.0. The van der Waals surface area contributed by atoms with Gasteiger partial charge in [0.2, 0.25) is 10.0 Å². The van der Waals surface area contributed by atoms with Crippen LogP contribution in [0.2, 0.25) is 0 Å². The summed E-state index contributed by atoms with van der Waals surface area (Å²) in [6.45, 7) is 0. The second-order valence-electron chi connectivity index (χ2n) is 14.5. The van der Waals surface area contributed by atoms with Gasteiger partial charge in [-0.3, -0.25) is 14.4 Å². The van der Waals surface area contributed by atoms with Crippen molar-refractivity contribution < 1.29 is 37.8 Å². The van der Waals surface area contributed by atoms with Crippen LogP contribution >= 0.6 is 11.3 Å². The summed E-state index contributed by atoms with van der Waals surface area (Å²) in [6.07, 6.45) is 8.26. The number of amides is 2. The van der Waals surface area contributed by atoms with Gasteiger partial charge in [-0.1, -0.05) is 30.3 Å². The van der Waals surface area contributed by atoms with Gasteiger partial charge in [-0.05, 0) is 136 Å². The van der Waals surface area contributed by atoms with Gasteiger partial charge in [-0.25, -0.2) is 13.2 Å². The van der Waals surface area contributed by atoms with Crippen molar-refractivity contribution in [3.05, 3.63) is 111 Å². The molecule has 11 nitrogen and oxygen atoms in total. The highest BCUT2D eigenvalue weighted by Crippen LogP contribution is 2.41. The van der Waals surface area contributed by atoms with Crippen molar-refractivity contribution in [1.29, 1.82) is 0 Å². The molecule has 3 aliphatic carbocycles. The fraction of sp³-hybridized carbons (Fsp3) is 0.366. The molecule has 3 aliphatic rings. The summed E-state index contributed by atoms with van der Waals surface area (Å²) < 4.78 is 29.7. The number of fused-ring (bicyclic) bond motifs is 1. The van der Waals surface area contributed by atoms with Crippen LogP contribution in [0.4, 0.5) is 10.7 Å². The summed E-state index contributed by atoms with van der Waals surface area (Å²) in [5.41, 5.74) is 4.46. The zero-order valence-electron chi connectivity index (χ0n) is 29.8. The Morgan fingerprint density at radius 3 is 1.94 bits per heavy atom. The normalized spacial score (nSPS) is 18.5. The quantitative estimate of drug-likeness (QED) is 0.109. The summed E-state index contributed by atoms with van der Waals surface area (Å²) in [6, 6.07) is 20.0. The number of nitrogens with one attached hydrogen (secondary N) is 2. The molecule has 282 valence electrons. The van der Waals surface area contributed by atoms with Crippen LogP contribution in [0.25, 0.3) is 0 Å². The summed E-state index contributed by atoms with van der Waals surface area (Å²) >= 11 is 1.39. The Balaban J connectivity index is 1.05. The van der Waals surface area contributed by atoms with E-state index in [1.165, 1.54) is 23.5 Å². The molecule has 1 heterocycles. The molecular formula is C41H43N3O8S2. The lowest BCUT2D eigenvalue weighted by Crippen LogP contribution is -2.44. The van der Waals surface area contributed by atoms with Crippen molar-refractivity contribution >= 4 is 55.8 Å². The van der Waals surface area contributed by atoms with Crippen LogP contribution in [-0.4, -0.2) is 58.8 Å². The van der Waals surface area contributed by atoms with E-state index in [4.69, 9.17) is 5.11 Å². The standard InChI is InChI=1S/C41H43N3O8S2/c45-37(29-4-3-5-33(24-29)54(51,52)44(32-22-23-32)31-20-16-28(17-21-31)41(49)50)43-39-36(34-6-1-2-7-35(34)53-39)38(46)42-30-18-12-26(13-19-30)9-8-25-10-14-27(15-11-25)40(47)48/h3-5,10-15,18-19,24,28,31-32H,1-2,6-9,16-17,20-23H2,(H,42,46)(H,43,45)(H,47,48)(H,49,50)/t28-,31-. The maximum absolute atomic E-state index is 14.1. The third kappa shape index (κ3) is 8.28. The zero-order valence-corrected chi connectivity index (χ0v) is 31.4. The number of aliphatic carboxylic acids is 1. The number of carbonyl (C=O) groups excluding carboxylic acids is 2. The van der Waals surface area contributed by atoms with Crippen LogP contribution in [0.1, 0.15) is 104 Å². The van der Waals surface area contributed by atoms with Gasteiger partial charge >= 0.3 is 11.9 Å². The van der Waals surface area contributed by atoms with Crippen molar-refractivity contribution in [3.63, 3.8) is 0 Å². The van der Waals surface area contributed by atoms with Gasteiger partial charge in [0.25, 0.3) is 11.8 Å². The average molecular weight is 770 g/mol. The van der Waals surface area contributed by atoms with E-state index in [1.807, 2.05) is 36.4 Å². The fourth-order valence-electron chi connectivity index (χ4n) is 7.64. The lowest BCUT2D eigenvalue weighted by atomic mass is 9.86. The first-order valence-corrected chi connectivity index (χ1v) is 20.8. The smallest absolute Gasteiger partial charge is 0.335 e. The number of aromatic carboxylic acids is 1. The topological polar surface area (TPSA) is 170 Å². The highest BCUT2D eigenvalue weighted by molar-refractivity contribution is 7.89. The van der Waals surface area contributed by atoms with Crippen molar-refractivity contribution in [2.24, 2.45) is 5.92 Å². The molecule has 13 heteroatoms. The molecule has 2 amide bonds. The number of sulfonamides is 1. The number of thiophene rings is 1. The molecule has 3 aromatic carbocycles. The molecule has 0 unspecified atom stereocenters. The maximum Gasteiger partial charge on any atom is 0.335 e. The van der Waals surface area contributed by atoms with Crippen molar-refractivity contribution in [2.75, 3.05) is 10.6 Å². The SMILES string of the molecule is O=C(O)c1ccc(CCc2ccc(NC(=O)c3c(NC(=O)c4cccc(S(=O)(=O)N(C5CC5)[C@H]5CC[C@H](C(=O)O)CC5)c4)sc4c3CCCC4)cc2)cc1. The molecule has 4 aromatic rings. The van der Waals surface area contributed by atoms with E-state index in [9.17, 15) is 32.7 Å². The van der Waals surface area contributed by atoms with Crippen LogP contribution in [0.5, 0.6) is 0 Å². The zero-order chi connectivity index (χ0) is 38.0. The third-order valence-electron chi connectivity index (χ3n) is 10.7. The molecule has 7 rings (SSSR count).